The van der Waals surface area contributed by atoms with E-state index in [2.05, 4.69) is 0 Å². The van der Waals surface area contributed by atoms with Gasteiger partial charge in [0, 0.05) is 6.54 Å². The average molecular weight is 299 g/mol. The lowest BCUT2D eigenvalue weighted by Gasteiger charge is -2.38. The van der Waals surface area contributed by atoms with E-state index >= 15 is 0 Å². The predicted molar refractivity (Wildman–Crippen MR) is 66.2 cm³/mol. The van der Waals surface area contributed by atoms with E-state index in [1.54, 1.807) is 0 Å². The Balaban J connectivity index is 2.21. The van der Waals surface area contributed by atoms with E-state index in [0.717, 1.165) is 23.6 Å². The molecule has 0 aromatic carbocycles. The molecule has 0 N–H and O–H groups in total. The highest BCUT2D eigenvalue weighted by Crippen LogP contribution is 2.36. The molecule has 0 aromatic rings. The Kier molecular flexibility index (Phi) is 4.45. The van der Waals surface area contributed by atoms with Crippen molar-refractivity contribution in [1.29, 1.82) is 0 Å². The maximum atomic E-state index is 13.0. The van der Waals surface area contributed by atoms with E-state index in [1.807, 2.05) is 0 Å². The molecule has 3 nitrogen and oxygen atoms in total. The molecule has 2 aliphatic rings. The van der Waals surface area contributed by atoms with Gasteiger partial charge in [-0.2, -0.15) is 17.5 Å². The Bertz CT molecular complexity index is 402. The largest absolute Gasteiger partial charge is 0.405 e. The minimum atomic E-state index is -4.46. The number of sulfonamides is 1. The van der Waals surface area contributed by atoms with Crippen molar-refractivity contribution in [3.63, 3.8) is 0 Å². The molecule has 1 heterocycles. The summed E-state index contributed by atoms with van der Waals surface area (Å²) in [6.45, 7) is 0.0169. The lowest BCUT2D eigenvalue weighted by molar-refractivity contribution is -0.177. The van der Waals surface area contributed by atoms with Gasteiger partial charge in [0.1, 0.15) is 6.04 Å². The Morgan fingerprint density at radius 2 is 1.47 bits per heavy atom. The lowest BCUT2D eigenvalue weighted by atomic mass is 10.0. The van der Waals surface area contributed by atoms with Gasteiger partial charge in [0.15, 0.2) is 0 Å². The first-order valence-corrected chi connectivity index (χ1v) is 8.41. The summed E-state index contributed by atoms with van der Waals surface area (Å²) < 4.78 is 64.5. The van der Waals surface area contributed by atoms with Crippen LogP contribution >= 0.6 is 0 Å². The van der Waals surface area contributed by atoms with Crippen LogP contribution in [0.3, 0.4) is 0 Å². The number of hydrogen-bond donors (Lipinski definition) is 0. The summed E-state index contributed by atoms with van der Waals surface area (Å²) in [5.74, 6) is 0. The summed E-state index contributed by atoms with van der Waals surface area (Å²) in [6.07, 6.45) is 0.00137. The number of hydrogen-bond acceptors (Lipinski definition) is 2. The van der Waals surface area contributed by atoms with Gasteiger partial charge in [0.25, 0.3) is 0 Å². The Morgan fingerprint density at radius 3 is 2.05 bits per heavy atom. The Labute approximate surface area is 112 Å². The number of nitrogens with zero attached hydrogens (tertiary/aromatic N) is 1. The molecule has 1 unspecified atom stereocenters. The fraction of sp³-hybridized carbons (Fsp3) is 1.00. The summed E-state index contributed by atoms with van der Waals surface area (Å²) in [6, 6.07) is -1.81. The van der Waals surface area contributed by atoms with Crippen molar-refractivity contribution in [3.8, 4) is 0 Å². The van der Waals surface area contributed by atoms with Gasteiger partial charge in [-0.15, -0.1) is 0 Å². The molecule has 112 valence electrons. The third kappa shape index (κ3) is 3.24. The van der Waals surface area contributed by atoms with Crippen molar-refractivity contribution >= 4 is 10.0 Å². The smallest absolute Gasteiger partial charge is 0.212 e. The summed E-state index contributed by atoms with van der Waals surface area (Å²) in [5.41, 5.74) is 0. The molecule has 1 aliphatic carbocycles. The minimum absolute atomic E-state index is 0.0169. The van der Waals surface area contributed by atoms with Crippen LogP contribution in [0.4, 0.5) is 13.2 Å². The SMILES string of the molecule is O=S(=O)(C1CCCCC1)N1CCCCC1C(F)(F)F. The second-order valence-corrected chi connectivity index (χ2v) is 7.63. The van der Waals surface area contributed by atoms with Crippen LogP contribution in [-0.2, 0) is 10.0 Å². The third-order valence-corrected chi connectivity index (χ3v) is 6.54. The van der Waals surface area contributed by atoms with Gasteiger partial charge in [-0.1, -0.05) is 25.7 Å². The molecular weight excluding hydrogens is 279 g/mol. The van der Waals surface area contributed by atoms with Gasteiger partial charge in [-0.3, -0.25) is 0 Å². The number of alkyl halides is 3. The fourth-order valence-electron chi connectivity index (χ4n) is 3.09. The molecule has 2 fully saturated rings. The Morgan fingerprint density at radius 1 is 0.895 bits per heavy atom. The zero-order chi connectivity index (χ0) is 14.1. The predicted octanol–water partition coefficient (Wildman–Crippen LogP) is 3.07. The van der Waals surface area contributed by atoms with Crippen LogP contribution in [0.15, 0.2) is 0 Å². The van der Waals surface area contributed by atoms with Crippen LogP contribution in [0.5, 0.6) is 0 Å². The van der Waals surface area contributed by atoms with E-state index in [0.29, 0.717) is 25.7 Å². The second kappa shape index (κ2) is 5.60. The van der Waals surface area contributed by atoms with Crippen LogP contribution in [0.1, 0.15) is 51.4 Å². The topological polar surface area (TPSA) is 37.4 Å². The van der Waals surface area contributed by atoms with E-state index < -0.39 is 27.5 Å². The van der Waals surface area contributed by atoms with Crippen molar-refractivity contribution < 1.29 is 21.6 Å². The van der Waals surface area contributed by atoms with Crippen LogP contribution in [0.25, 0.3) is 0 Å². The van der Waals surface area contributed by atoms with Gasteiger partial charge in [0.2, 0.25) is 10.0 Å². The molecule has 0 aromatic heterocycles. The van der Waals surface area contributed by atoms with Crippen molar-refractivity contribution in [3.05, 3.63) is 0 Å². The molecule has 1 saturated carbocycles. The van der Waals surface area contributed by atoms with Gasteiger partial charge in [-0.25, -0.2) is 8.42 Å². The average Bonchev–Trinajstić information content (AvgIpc) is 2.39. The van der Waals surface area contributed by atoms with Gasteiger partial charge >= 0.3 is 6.18 Å². The summed E-state index contributed by atoms with van der Waals surface area (Å²) in [5, 5.41) is -0.607. The van der Waals surface area contributed by atoms with Crippen molar-refractivity contribution in [2.24, 2.45) is 0 Å². The lowest BCUT2D eigenvalue weighted by Crippen LogP contribution is -2.54. The van der Waals surface area contributed by atoms with Crippen molar-refractivity contribution in [2.45, 2.75) is 68.8 Å². The fourth-order valence-corrected chi connectivity index (χ4v) is 5.37. The van der Waals surface area contributed by atoms with Crippen LogP contribution < -0.4 is 0 Å². The molecule has 0 amide bonds. The highest BCUT2D eigenvalue weighted by atomic mass is 32.2. The zero-order valence-electron chi connectivity index (χ0n) is 10.8. The van der Waals surface area contributed by atoms with Crippen molar-refractivity contribution in [2.75, 3.05) is 6.54 Å². The van der Waals surface area contributed by atoms with Gasteiger partial charge in [0.05, 0.1) is 5.25 Å². The second-order valence-electron chi connectivity index (χ2n) is 5.47. The van der Waals surface area contributed by atoms with E-state index in [4.69, 9.17) is 0 Å². The normalized spacial score (nSPS) is 28.5. The summed E-state index contributed by atoms with van der Waals surface area (Å²) in [4.78, 5) is 0. The first-order chi connectivity index (χ1) is 8.83. The van der Waals surface area contributed by atoms with E-state index in [1.165, 1.54) is 0 Å². The maximum absolute atomic E-state index is 13.0. The van der Waals surface area contributed by atoms with E-state index in [9.17, 15) is 21.6 Å². The molecule has 7 heteroatoms. The zero-order valence-corrected chi connectivity index (χ0v) is 11.6. The number of rotatable bonds is 2. The molecule has 0 radical (unpaired) electrons. The van der Waals surface area contributed by atoms with Crippen LogP contribution in [0.2, 0.25) is 0 Å². The summed E-state index contributed by atoms with van der Waals surface area (Å²) in [7, 11) is -3.80. The monoisotopic (exact) mass is 299 g/mol. The highest BCUT2D eigenvalue weighted by Gasteiger charge is 2.50. The molecule has 0 spiro atoms. The standard InChI is InChI=1S/C12H20F3NO2S/c13-12(14,15)11-8-4-5-9-16(11)19(17,18)10-6-2-1-3-7-10/h10-11H,1-9H2. The van der Waals surface area contributed by atoms with Crippen LogP contribution in [-0.4, -0.2) is 36.7 Å². The highest BCUT2D eigenvalue weighted by molar-refractivity contribution is 7.89. The number of piperidine rings is 1. The van der Waals surface area contributed by atoms with E-state index in [-0.39, 0.29) is 13.0 Å². The molecule has 0 bridgehead atoms. The Hall–Kier alpha value is -0.300. The molecule has 2 rings (SSSR count). The van der Waals surface area contributed by atoms with Gasteiger partial charge in [-0.05, 0) is 25.7 Å². The number of halogens is 3. The van der Waals surface area contributed by atoms with Crippen LogP contribution in [0, 0.1) is 0 Å². The maximum Gasteiger partial charge on any atom is 0.405 e. The molecule has 1 saturated heterocycles. The molecular formula is C12H20F3NO2S. The third-order valence-electron chi connectivity index (χ3n) is 4.13. The molecule has 19 heavy (non-hydrogen) atoms. The first kappa shape index (κ1) is 15.1. The first-order valence-electron chi connectivity index (χ1n) is 6.91. The summed E-state index contributed by atoms with van der Waals surface area (Å²) >= 11 is 0. The van der Waals surface area contributed by atoms with Gasteiger partial charge < -0.3 is 0 Å². The molecule has 1 aliphatic heterocycles. The molecule has 1 atom stereocenters. The minimum Gasteiger partial charge on any atom is -0.212 e. The van der Waals surface area contributed by atoms with Crippen molar-refractivity contribution in [1.82, 2.24) is 4.31 Å². The quantitative estimate of drug-likeness (QED) is 0.786.